The number of amides is 1. The molecule has 1 aliphatic carbocycles. The van der Waals surface area contributed by atoms with Gasteiger partial charge in [0.1, 0.15) is 18.2 Å². The first-order valence-electron chi connectivity index (χ1n) is 5.34. The second-order valence-electron chi connectivity index (χ2n) is 4.03. The molecule has 0 aromatic carbocycles. The van der Waals surface area contributed by atoms with Crippen LogP contribution in [0.4, 0.5) is 0 Å². The van der Waals surface area contributed by atoms with Gasteiger partial charge in [-0.15, -0.1) is 0 Å². The van der Waals surface area contributed by atoms with Crippen LogP contribution in [0.15, 0.2) is 6.33 Å². The van der Waals surface area contributed by atoms with E-state index in [1.165, 1.54) is 10.9 Å². The van der Waals surface area contributed by atoms with Crippen molar-refractivity contribution in [2.45, 2.75) is 31.8 Å². The fourth-order valence-electron chi connectivity index (χ4n) is 1.52. The lowest BCUT2D eigenvalue weighted by Crippen LogP contribution is -2.32. The maximum atomic E-state index is 11.8. The molecule has 1 unspecified atom stereocenters. The Morgan fingerprint density at radius 2 is 2.29 bits per heavy atom. The van der Waals surface area contributed by atoms with Gasteiger partial charge in [0.05, 0.1) is 6.33 Å². The normalized spacial score (nSPS) is 15.7. The van der Waals surface area contributed by atoms with Crippen LogP contribution in [0.1, 0.15) is 37.2 Å². The van der Waals surface area contributed by atoms with E-state index in [2.05, 4.69) is 10.3 Å². The van der Waals surface area contributed by atoms with E-state index in [4.69, 9.17) is 10.5 Å². The standard InChI is InChI=1S/C11H11N5O/c1-7(11(17)15-8-2-3-8)16-6-14-9(4-12)10(16)5-13/h6-8H,2-3H2,1H3,(H,15,17). The van der Waals surface area contributed by atoms with E-state index in [0.29, 0.717) is 0 Å². The highest BCUT2D eigenvalue weighted by molar-refractivity contribution is 5.80. The summed E-state index contributed by atoms with van der Waals surface area (Å²) in [5.41, 5.74) is 0.185. The van der Waals surface area contributed by atoms with Gasteiger partial charge < -0.3 is 9.88 Å². The molecule has 1 heterocycles. The number of nitriles is 2. The lowest BCUT2D eigenvalue weighted by atomic mass is 10.2. The molecule has 1 aromatic rings. The summed E-state index contributed by atoms with van der Waals surface area (Å²) in [5.74, 6) is -0.147. The van der Waals surface area contributed by atoms with E-state index >= 15 is 0 Å². The first kappa shape index (κ1) is 11.2. The first-order chi connectivity index (χ1) is 8.17. The summed E-state index contributed by atoms with van der Waals surface area (Å²) in [7, 11) is 0. The van der Waals surface area contributed by atoms with Crippen molar-refractivity contribution in [1.82, 2.24) is 14.9 Å². The fourth-order valence-corrected chi connectivity index (χ4v) is 1.52. The zero-order chi connectivity index (χ0) is 12.4. The average Bonchev–Trinajstić information content (AvgIpc) is 3.04. The van der Waals surface area contributed by atoms with Gasteiger partial charge in [-0.1, -0.05) is 0 Å². The molecule has 86 valence electrons. The zero-order valence-electron chi connectivity index (χ0n) is 9.34. The molecule has 6 nitrogen and oxygen atoms in total. The maximum absolute atomic E-state index is 11.8. The molecule has 1 N–H and O–H groups in total. The van der Waals surface area contributed by atoms with Crippen molar-refractivity contribution in [2.75, 3.05) is 0 Å². The zero-order valence-corrected chi connectivity index (χ0v) is 9.34. The van der Waals surface area contributed by atoms with Crippen molar-refractivity contribution in [3.63, 3.8) is 0 Å². The van der Waals surface area contributed by atoms with Gasteiger partial charge in [-0.05, 0) is 19.8 Å². The Hall–Kier alpha value is -2.34. The number of carbonyl (C=O) groups is 1. The van der Waals surface area contributed by atoms with Crippen LogP contribution in [0.5, 0.6) is 0 Å². The topological polar surface area (TPSA) is 94.5 Å². The van der Waals surface area contributed by atoms with Crippen LogP contribution in [0.2, 0.25) is 0 Å². The second-order valence-corrected chi connectivity index (χ2v) is 4.03. The second kappa shape index (κ2) is 4.26. The van der Waals surface area contributed by atoms with Crippen LogP contribution in [0.25, 0.3) is 0 Å². The van der Waals surface area contributed by atoms with Crippen molar-refractivity contribution in [3.8, 4) is 12.1 Å². The van der Waals surface area contributed by atoms with E-state index in [9.17, 15) is 4.79 Å². The quantitative estimate of drug-likeness (QED) is 0.814. The molecule has 1 aliphatic rings. The predicted octanol–water partition coefficient (Wildman–Crippen LogP) is 0.466. The number of nitrogens with zero attached hydrogens (tertiary/aromatic N) is 4. The third-order valence-corrected chi connectivity index (χ3v) is 2.73. The Bertz CT molecular complexity index is 529. The Labute approximate surface area is 98.5 Å². The Morgan fingerprint density at radius 1 is 1.59 bits per heavy atom. The van der Waals surface area contributed by atoms with Gasteiger partial charge in [-0.2, -0.15) is 10.5 Å². The van der Waals surface area contributed by atoms with Gasteiger partial charge in [-0.25, -0.2) is 4.98 Å². The molecule has 2 rings (SSSR count). The molecule has 17 heavy (non-hydrogen) atoms. The van der Waals surface area contributed by atoms with Crippen LogP contribution < -0.4 is 5.32 Å². The summed E-state index contributed by atoms with van der Waals surface area (Å²) in [6.45, 7) is 1.68. The molecule has 0 saturated heterocycles. The van der Waals surface area contributed by atoms with Crippen molar-refractivity contribution in [3.05, 3.63) is 17.7 Å². The highest BCUT2D eigenvalue weighted by atomic mass is 16.2. The van der Waals surface area contributed by atoms with E-state index in [0.717, 1.165) is 12.8 Å². The summed E-state index contributed by atoms with van der Waals surface area (Å²) in [5, 5.41) is 20.6. The third kappa shape index (κ3) is 2.11. The van der Waals surface area contributed by atoms with E-state index in [1.54, 1.807) is 6.92 Å². The number of aromatic nitrogens is 2. The van der Waals surface area contributed by atoms with Gasteiger partial charge in [0.2, 0.25) is 5.91 Å². The van der Waals surface area contributed by atoms with E-state index < -0.39 is 6.04 Å². The van der Waals surface area contributed by atoms with Gasteiger partial charge in [0.25, 0.3) is 0 Å². The summed E-state index contributed by atoms with van der Waals surface area (Å²) in [4.78, 5) is 15.6. The Kier molecular flexibility index (Phi) is 2.80. The molecule has 1 amide bonds. The summed E-state index contributed by atoms with van der Waals surface area (Å²) < 4.78 is 1.43. The first-order valence-corrected chi connectivity index (χ1v) is 5.34. The van der Waals surface area contributed by atoms with Crippen LogP contribution >= 0.6 is 0 Å². The van der Waals surface area contributed by atoms with Crippen LogP contribution in [0.3, 0.4) is 0 Å². The van der Waals surface area contributed by atoms with Gasteiger partial charge in [-0.3, -0.25) is 4.79 Å². The minimum atomic E-state index is -0.528. The maximum Gasteiger partial charge on any atom is 0.243 e. The number of imidazole rings is 1. The lowest BCUT2D eigenvalue weighted by molar-refractivity contribution is -0.124. The number of carbonyl (C=O) groups excluding carboxylic acids is 1. The monoisotopic (exact) mass is 229 g/mol. The molecule has 1 fully saturated rings. The van der Waals surface area contributed by atoms with Crippen LogP contribution in [0, 0.1) is 22.7 Å². The highest BCUT2D eigenvalue weighted by Crippen LogP contribution is 2.20. The molecule has 1 atom stereocenters. The number of hydrogen-bond donors (Lipinski definition) is 1. The molecule has 0 radical (unpaired) electrons. The van der Waals surface area contributed by atoms with E-state index in [-0.39, 0.29) is 23.3 Å². The summed E-state index contributed by atoms with van der Waals surface area (Å²) in [6, 6.07) is 3.47. The van der Waals surface area contributed by atoms with Gasteiger partial charge >= 0.3 is 0 Å². The smallest absolute Gasteiger partial charge is 0.243 e. The number of hydrogen-bond acceptors (Lipinski definition) is 4. The number of nitrogens with one attached hydrogen (secondary N) is 1. The fraction of sp³-hybridized carbons (Fsp3) is 0.455. The van der Waals surface area contributed by atoms with Crippen molar-refractivity contribution >= 4 is 5.91 Å². The van der Waals surface area contributed by atoms with Gasteiger partial charge in [0, 0.05) is 6.04 Å². The van der Waals surface area contributed by atoms with Crippen LogP contribution in [-0.4, -0.2) is 21.5 Å². The Balaban J connectivity index is 2.21. The minimum absolute atomic E-state index is 0.0542. The lowest BCUT2D eigenvalue weighted by Gasteiger charge is -2.13. The molecular formula is C11H11N5O. The highest BCUT2D eigenvalue weighted by Gasteiger charge is 2.27. The van der Waals surface area contributed by atoms with Gasteiger partial charge in [0.15, 0.2) is 11.4 Å². The van der Waals surface area contributed by atoms with E-state index in [1.807, 2.05) is 12.1 Å². The molecule has 6 heteroatoms. The largest absolute Gasteiger partial charge is 0.352 e. The third-order valence-electron chi connectivity index (χ3n) is 2.73. The molecule has 0 bridgehead atoms. The summed E-state index contributed by atoms with van der Waals surface area (Å²) >= 11 is 0. The molecular weight excluding hydrogens is 218 g/mol. The molecule has 1 aromatic heterocycles. The van der Waals surface area contributed by atoms with Crippen molar-refractivity contribution in [2.24, 2.45) is 0 Å². The SMILES string of the molecule is CC(C(=O)NC1CC1)n1cnc(C#N)c1C#N. The van der Waals surface area contributed by atoms with Crippen molar-refractivity contribution in [1.29, 1.82) is 10.5 Å². The Morgan fingerprint density at radius 3 is 2.82 bits per heavy atom. The summed E-state index contributed by atoms with van der Waals surface area (Å²) in [6.07, 6.45) is 3.38. The van der Waals surface area contributed by atoms with Crippen molar-refractivity contribution < 1.29 is 4.79 Å². The van der Waals surface area contributed by atoms with Crippen LogP contribution in [-0.2, 0) is 4.79 Å². The molecule has 0 spiro atoms. The average molecular weight is 229 g/mol. The number of rotatable bonds is 3. The minimum Gasteiger partial charge on any atom is -0.352 e. The molecule has 0 aliphatic heterocycles. The molecule has 1 saturated carbocycles. The predicted molar refractivity (Wildman–Crippen MR) is 57.5 cm³/mol.